The van der Waals surface area contributed by atoms with Crippen molar-refractivity contribution in [2.75, 3.05) is 11.4 Å². The van der Waals surface area contributed by atoms with Crippen molar-refractivity contribution in [3.05, 3.63) is 52.0 Å². The van der Waals surface area contributed by atoms with Gasteiger partial charge in [0.1, 0.15) is 5.82 Å². The molecule has 19 heavy (non-hydrogen) atoms. The summed E-state index contributed by atoms with van der Waals surface area (Å²) in [6, 6.07) is 8.57. The maximum atomic E-state index is 13.0. The highest BCUT2D eigenvalue weighted by Gasteiger charge is 2.30. The molecule has 3 nitrogen and oxygen atoms in total. The van der Waals surface area contributed by atoms with Crippen molar-refractivity contribution in [1.29, 1.82) is 0 Å². The Morgan fingerprint density at radius 2 is 2.05 bits per heavy atom. The molecule has 3 rings (SSSR count). The van der Waals surface area contributed by atoms with E-state index in [4.69, 9.17) is 5.73 Å². The van der Waals surface area contributed by atoms with E-state index in [9.17, 15) is 4.39 Å². The van der Waals surface area contributed by atoms with Gasteiger partial charge in [0.05, 0.1) is 12.6 Å². The Morgan fingerprint density at radius 1 is 1.32 bits per heavy atom. The van der Waals surface area contributed by atoms with Crippen LogP contribution in [-0.4, -0.2) is 12.5 Å². The highest BCUT2D eigenvalue weighted by Crippen LogP contribution is 2.35. The van der Waals surface area contributed by atoms with Crippen LogP contribution in [0.25, 0.3) is 0 Å². The lowest BCUT2D eigenvalue weighted by atomic mass is 10.1. The van der Waals surface area contributed by atoms with Crippen LogP contribution in [0, 0.1) is 12.7 Å². The topological polar surface area (TPSA) is 41.6 Å². The van der Waals surface area contributed by atoms with Crippen LogP contribution in [0.3, 0.4) is 0 Å². The first-order valence-electron chi connectivity index (χ1n) is 6.05. The first-order chi connectivity index (χ1) is 9.16. The van der Waals surface area contributed by atoms with Crippen LogP contribution in [0.2, 0.25) is 0 Å². The molecule has 2 N–H and O–H groups in total. The Hall–Kier alpha value is -1.88. The van der Waals surface area contributed by atoms with Crippen molar-refractivity contribution in [2.24, 2.45) is 10.7 Å². The van der Waals surface area contributed by atoms with Gasteiger partial charge in [-0.05, 0) is 48.2 Å². The van der Waals surface area contributed by atoms with Gasteiger partial charge in [-0.25, -0.2) is 4.39 Å². The summed E-state index contributed by atoms with van der Waals surface area (Å²) in [5.74, 6) is 0.242. The average molecular weight is 275 g/mol. The maximum Gasteiger partial charge on any atom is 0.196 e. The lowest BCUT2D eigenvalue weighted by molar-refractivity contribution is 0.627. The van der Waals surface area contributed by atoms with Crippen molar-refractivity contribution in [3.8, 4) is 0 Å². The smallest absolute Gasteiger partial charge is 0.196 e. The molecular weight excluding hydrogens is 261 g/mol. The van der Waals surface area contributed by atoms with Gasteiger partial charge in [-0.1, -0.05) is 0 Å². The quantitative estimate of drug-likeness (QED) is 0.915. The lowest BCUT2D eigenvalue weighted by Crippen LogP contribution is -2.36. The molecule has 1 atom stereocenters. The van der Waals surface area contributed by atoms with Gasteiger partial charge in [0, 0.05) is 10.6 Å². The zero-order chi connectivity index (χ0) is 13.4. The molecule has 98 valence electrons. The van der Waals surface area contributed by atoms with E-state index in [2.05, 4.69) is 23.4 Å². The second-order valence-electron chi connectivity index (χ2n) is 4.53. The monoisotopic (exact) mass is 275 g/mol. The molecule has 0 saturated heterocycles. The van der Waals surface area contributed by atoms with E-state index >= 15 is 0 Å². The van der Waals surface area contributed by atoms with Gasteiger partial charge in [-0.2, -0.15) is 0 Å². The molecule has 2 heterocycles. The predicted molar refractivity (Wildman–Crippen MR) is 77.2 cm³/mol. The fraction of sp³-hybridized carbons (Fsp3) is 0.214. The number of thiophene rings is 1. The van der Waals surface area contributed by atoms with Gasteiger partial charge in [-0.3, -0.25) is 4.99 Å². The van der Waals surface area contributed by atoms with Crippen LogP contribution in [0.4, 0.5) is 10.1 Å². The van der Waals surface area contributed by atoms with Gasteiger partial charge in [-0.15, -0.1) is 11.3 Å². The highest BCUT2D eigenvalue weighted by atomic mass is 32.1. The molecule has 1 aliphatic rings. The van der Waals surface area contributed by atoms with Crippen LogP contribution < -0.4 is 10.6 Å². The number of aryl methyl sites for hydroxylation is 1. The number of benzene rings is 1. The van der Waals surface area contributed by atoms with E-state index in [1.807, 2.05) is 4.90 Å². The average Bonchev–Trinajstić information content (AvgIpc) is 2.97. The maximum absolute atomic E-state index is 13.0. The van der Waals surface area contributed by atoms with E-state index in [1.54, 1.807) is 23.5 Å². The summed E-state index contributed by atoms with van der Waals surface area (Å²) in [4.78, 5) is 7.56. The van der Waals surface area contributed by atoms with Crippen LogP contribution in [0.1, 0.15) is 16.5 Å². The number of nitrogens with zero attached hydrogens (tertiary/aromatic N) is 2. The highest BCUT2D eigenvalue weighted by molar-refractivity contribution is 7.10. The van der Waals surface area contributed by atoms with Crippen molar-refractivity contribution in [3.63, 3.8) is 0 Å². The molecule has 1 aromatic carbocycles. The third-order valence-electron chi connectivity index (χ3n) is 3.29. The summed E-state index contributed by atoms with van der Waals surface area (Å²) >= 11 is 1.71. The minimum absolute atomic E-state index is 0.116. The molecule has 0 fully saturated rings. The van der Waals surface area contributed by atoms with Gasteiger partial charge in [0.15, 0.2) is 5.96 Å². The summed E-state index contributed by atoms with van der Waals surface area (Å²) in [7, 11) is 0. The molecule has 0 bridgehead atoms. The zero-order valence-corrected chi connectivity index (χ0v) is 11.3. The number of anilines is 1. The number of nitrogens with two attached hydrogens (primary N) is 1. The van der Waals surface area contributed by atoms with Crippen molar-refractivity contribution in [2.45, 2.75) is 13.0 Å². The van der Waals surface area contributed by atoms with Crippen LogP contribution in [0.15, 0.2) is 40.7 Å². The van der Waals surface area contributed by atoms with Crippen molar-refractivity contribution >= 4 is 23.0 Å². The molecule has 0 radical (unpaired) electrons. The number of hydrogen-bond acceptors (Lipinski definition) is 4. The number of halogens is 1. The van der Waals surface area contributed by atoms with E-state index in [0.717, 1.165) is 5.69 Å². The SMILES string of the molecule is Cc1ccsc1C1CN=C(N)N1c1ccc(F)cc1. The Morgan fingerprint density at radius 3 is 2.68 bits per heavy atom. The predicted octanol–water partition coefficient (Wildman–Crippen LogP) is 3.07. The minimum atomic E-state index is -0.248. The van der Waals surface area contributed by atoms with E-state index < -0.39 is 0 Å². The van der Waals surface area contributed by atoms with Gasteiger partial charge >= 0.3 is 0 Å². The Bertz CT molecular complexity index is 618. The molecule has 1 aromatic heterocycles. The third-order valence-corrected chi connectivity index (χ3v) is 4.41. The summed E-state index contributed by atoms with van der Waals surface area (Å²) in [5, 5.41) is 2.07. The summed E-state index contributed by atoms with van der Waals surface area (Å²) in [5.41, 5.74) is 8.10. The second kappa shape index (κ2) is 4.66. The normalized spacial score (nSPS) is 18.7. The first-order valence-corrected chi connectivity index (χ1v) is 6.93. The van der Waals surface area contributed by atoms with Crippen molar-refractivity contribution in [1.82, 2.24) is 0 Å². The zero-order valence-electron chi connectivity index (χ0n) is 10.5. The number of rotatable bonds is 2. The van der Waals surface area contributed by atoms with Gasteiger partial charge in [0.2, 0.25) is 0 Å². The molecule has 5 heteroatoms. The number of aliphatic imine (C=N–C) groups is 1. The van der Waals surface area contributed by atoms with Crippen LogP contribution in [0.5, 0.6) is 0 Å². The molecule has 2 aromatic rings. The van der Waals surface area contributed by atoms with Crippen molar-refractivity contribution < 1.29 is 4.39 Å². The number of hydrogen-bond donors (Lipinski definition) is 1. The Balaban J connectivity index is 1.99. The Labute approximate surface area is 115 Å². The Kier molecular flexibility index (Phi) is 2.98. The standard InChI is InChI=1S/C14H14FN3S/c1-9-6-7-19-13(9)12-8-17-14(16)18(12)11-4-2-10(15)3-5-11/h2-7,12H,8H2,1H3,(H2,16,17). The molecule has 1 unspecified atom stereocenters. The van der Waals surface area contributed by atoms with E-state index in [1.165, 1.54) is 22.6 Å². The molecule has 1 aliphatic heterocycles. The summed E-state index contributed by atoms with van der Waals surface area (Å²) in [6.07, 6.45) is 0. The number of guanidine groups is 1. The minimum Gasteiger partial charge on any atom is -0.369 e. The fourth-order valence-corrected chi connectivity index (χ4v) is 3.35. The second-order valence-corrected chi connectivity index (χ2v) is 5.48. The summed E-state index contributed by atoms with van der Waals surface area (Å²) < 4.78 is 13.0. The van der Waals surface area contributed by atoms with E-state index in [-0.39, 0.29) is 11.9 Å². The van der Waals surface area contributed by atoms with Crippen LogP contribution in [-0.2, 0) is 0 Å². The lowest BCUT2D eigenvalue weighted by Gasteiger charge is -2.26. The molecule has 0 amide bonds. The van der Waals surface area contributed by atoms with E-state index in [0.29, 0.717) is 12.5 Å². The fourth-order valence-electron chi connectivity index (χ4n) is 2.34. The van der Waals surface area contributed by atoms with Gasteiger partial charge in [0.25, 0.3) is 0 Å². The molecule has 0 aliphatic carbocycles. The third kappa shape index (κ3) is 2.10. The molecule has 0 saturated carbocycles. The molecule has 0 spiro atoms. The largest absolute Gasteiger partial charge is 0.369 e. The summed E-state index contributed by atoms with van der Waals surface area (Å²) in [6.45, 7) is 2.73. The molecular formula is C14H14FN3S. The van der Waals surface area contributed by atoms with Crippen LogP contribution >= 0.6 is 11.3 Å². The van der Waals surface area contributed by atoms with Gasteiger partial charge < -0.3 is 10.6 Å². The first kappa shape index (κ1) is 12.2.